The van der Waals surface area contributed by atoms with Crippen LogP contribution in [-0.4, -0.2) is 59.0 Å². The summed E-state index contributed by atoms with van der Waals surface area (Å²) >= 11 is 0. The van der Waals surface area contributed by atoms with Crippen LogP contribution in [0.3, 0.4) is 0 Å². The summed E-state index contributed by atoms with van der Waals surface area (Å²) < 4.78 is 0. The summed E-state index contributed by atoms with van der Waals surface area (Å²) in [5.74, 6) is 1.90. The number of piperazine rings is 1. The standard InChI is InChI=1S/C15H27N5/c1-4-6-16-14-11-13(3)17-15(18-14)12-20-9-7-19(5-2)8-10-20/h11H,4-10,12H2,1-3H3,(H,16,17,18). The molecule has 5 nitrogen and oxygen atoms in total. The van der Waals surface area contributed by atoms with E-state index in [0.717, 1.165) is 69.6 Å². The van der Waals surface area contributed by atoms with Gasteiger partial charge >= 0.3 is 0 Å². The van der Waals surface area contributed by atoms with E-state index >= 15 is 0 Å². The number of aryl methyl sites for hydroxylation is 1. The van der Waals surface area contributed by atoms with Crippen molar-refractivity contribution in [1.29, 1.82) is 0 Å². The molecule has 1 fully saturated rings. The topological polar surface area (TPSA) is 44.3 Å². The average molecular weight is 277 g/mol. The van der Waals surface area contributed by atoms with Crippen molar-refractivity contribution in [3.8, 4) is 0 Å². The number of hydrogen-bond acceptors (Lipinski definition) is 5. The lowest BCUT2D eigenvalue weighted by molar-refractivity contribution is 0.129. The molecule has 5 heteroatoms. The molecule has 0 unspecified atom stereocenters. The van der Waals surface area contributed by atoms with Crippen LogP contribution < -0.4 is 5.32 Å². The van der Waals surface area contributed by atoms with Crippen molar-refractivity contribution < 1.29 is 0 Å². The third-order valence-corrected chi connectivity index (χ3v) is 3.73. The molecule has 1 aliphatic heterocycles. The molecule has 0 aromatic carbocycles. The van der Waals surface area contributed by atoms with Crippen LogP contribution in [0.1, 0.15) is 31.8 Å². The van der Waals surface area contributed by atoms with Crippen molar-refractivity contribution in [2.24, 2.45) is 0 Å². The summed E-state index contributed by atoms with van der Waals surface area (Å²) in [6.07, 6.45) is 1.11. The van der Waals surface area contributed by atoms with Gasteiger partial charge in [-0.3, -0.25) is 4.90 Å². The third kappa shape index (κ3) is 4.42. The maximum absolute atomic E-state index is 4.63. The first kappa shape index (κ1) is 15.2. The van der Waals surface area contributed by atoms with E-state index in [-0.39, 0.29) is 0 Å². The maximum atomic E-state index is 4.63. The summed E-state index contributed by atoms with van der Waals surface area (Å²) in [4.78, 5) is 14.1. The van der Waals surface area contributed by atoms with Crippen LogP contribution in [0, 0.1) is 6.92 Å². The summed E-state index contributed by atoms with van der Waals surface area (Å²) in [6, 6.07) is 2.02. The number of rotatable bonds is 6. The monoisotopic (exact) mass is 277 g/mol. The van der Waals surface area contributed by atoms with E-state index in [2.05, 4.69) is 38.9 Å². The average Bonchev–Trinajstić information content (AvgIpc) is 2.45. The van der Waals surface area contributed by atoms with Crippen LogP contribution in [0.2, 0.25) is 0 Å². The Morgan fingerprint density at radius 1 is 1.10 bits per heavy atom. The van der Waals surface area contributed by atoms with Gasteiger partial charge in [0.1, 0.15) is 11.6 Å². The minimum absolute atomic E-state index is 0.861. The van der Waals surface area contributed by atoms with Gasteiger partial charge in [-0.15, -0.1) is 0 Å². The van der Waals surface area contributed by atoms with Gasteiger partial charge in [0.15, 0.2) is 0 Å². The molecule has 2 heterocycles. The molecule has 1 N–H and O–H groups in total. The Morgan fingerprint density at radius 3 is 2.45 bits per heavy atom. The highest BCUT2D eigenvalue weighted by Crippen LogP contribution is 2.10. The summed E-state index contributed by atoms with van der Waals surface area (Å²) in [5.41, 5.74) is 1.04. The zero-order valence-electron chi connectivity index (χ0n) is 13.0. The van der Waals surface area contributed by atoms with Crippen molar-refractivity contribution in [3.05, 3.63) is 17.6 Å². The molecule has 1 aromatic heterocycles. The second kappa shape index (κ2) is 7.55. The molecular formula is C15H27N5. The minimum Gasteiger partial charge on any atom is -0.370 e. The summed E-state index contributed by atoms with van der Waals surface area (Å²) in [7, 11) is 0. The number of nitrogens with one attached hydrogen (secondary N) is 1. The molecule has 1 aliphatic rings. The highest BCUT2D eigenvalue weighted by atomic mass is 15.3. The first-order valence-corrected chi connectivity index (χ1v) is 7.74. The van der Waals surface area contributed by atoms with E-state index in [9.17, 15) is 0 Å². The molecule has 0 saturated carbocycles. The fourth-order valence-electron chi connectivity index (χ4n) is 2.51. The van der Waals surface area contributed by atoms with E-state index in [1.54, 1.807) is 0 Å². The van der Waals surface area contributed by atoms with Crippen LogP contribution in [0.15, 0.2) is 6.07 Å². The normalized spacial score (nSPS) is 17.4. The van der Waals surface area contributed by atoms with Crippen LogP contribution in [0.5, 0.6) is 0 Å². The molecule has 0 aliphatic carbocycles. The maximum Gasteiger partial charge on any atom is 0.144 e. The van der Waals surface area contributed by atoms with Crippen LogP contribution in [-0.2, 0) is 6.54 Å². The van der Waals surface area contributed by atoms with Gasteiger partial charge in [-0.25, -0.2) is 9.97 Å². The van der Waals surface area contributed by atoms with Crippen molar-refractivity contribution in [2.45, 2.75) is 33.7 Å². The Labute approximate surface area is 122 Å². The largest absolute Gasteiger partial charge is 0.370 e. The molecule has 0 radical (unpaired) electrons. The Bertz CT molecular complexity index is 413. The molecule has 0 amide bonds. The smallest absolute Gasteiger partial charge is 0.144 e. The molecule has 0 atom stereocenters. The number of nitrogens with zero attached hydrogens (tertiary/aromatic N) is 4. The van der Waals surface area contributed by atoms with Gasteiger partial charge in [-0.2, -0.15) is 0 Å². The highest BCUT2D eigenvalue weighted by Gasteiger charge is 2.16. The summed E-state index contributed by atoms with van der Waals surface area (Å²) in [6.45, 7) is 13.9. The van der Waals surface area contributed by atoms with E-state index in [1.807, 2.05) is 13.0 Å². The van der Waals surface area contributed by atoms with Crippen LogP contribution >= 0.6 is 0 Å². The van der Waals surface area contributed by atoms with Gasteiger partial charge in [0.25, 0.3) is 0 Å². The fourth-order valence-corrected chi connectivity index (χ4v) is 2.51. The molecule has 20 heavy (non-hydrogen) atoms. The highest BCUT2D eigenvalue weighted by molar-refractivity contribution is 5.35. The van der Waals surface area contributed by atoms with Crippen molar-refractivity contribution in [3.63, 3.8) is 0 Å². The molecule has 0 bridgehead atoms. The lowest BCUT2D eigenvalue weighted by Gasteiger charge is -2.33. The lowest BCUT2D eigenvalue weighted by atomic mass is 10.3. The SMILES string of the molecule is CCCNc1cc(C)nc(CN2CCN(CC)CC2)n1. The fraction of sp³-hybridized carbons (Fsp3) is 0.733. The second-order valence-corrected chi connectivity index (χ2v) is 5.45. The Balaban J connectivity index is 1.93. The number of likely N-dealkylation sites (N-methyl/N-ethyl adjacent to an activating group) is 1. The first-order chi connectivity index (χ1) is 9.71. The van der Waals surface area contributed by atoms with Gasteiger partial charge in [0.05, 0.1) is 6.54 Å². The van der Waals surface area contributed by atoms with Crippen molar-refractivity contribution >= 4 is 5.82 Å². The second-order valence-electron chi connectivity index (χ2n) is 5.45. The Morgan fingerprint density at radius 2 is 1.80 bits per heavy atom. The zero-order chi connectivity index (χ0) is 14.4. The van der Waals surface area contributed by atoms with Crippen molar-refractivity contribution in [1.82, 2.24) is 19.8 Å². The number of aromatic nitrogens is 2. The molecule has 0 spiro atoms. The number of anilines is 1. The predicted molar refractivity (Wildman–Crippen MR) is 82.9 cm³/mol. The van der Waals surface area contributed by atoms with E-state index in [4.69, 9.17) is 0 Å². The minimum atomic E-state index is 0.861. The molecule has 1 aromatic rings. The van der Waals surface area contributed by atoms with Gasteiger partial charge in [-0.1, -0.05) is 13.8 Å². The first-order valence-electron chi connectivity index (χ1n) is 7.74. The quantitative estimate of drug-likeness (QED) is 0.858. The molecule has 1 saturated heterocycles. The molecule has 2 rings (SSSR count). The zero-order valence-corrected chi connectivity index (χ0v) is 13.0. The van der Waals surface area contributed by atoms with Crippen LogP contribution in [0.25, 0.3) is 0 Å². The van der Waals surface area contributed by atoms with Crippen LogP contribution in [0.4, 0.5) is 5.82 Å². The number of hydrogen-bond donors (Lipinski definition) is 1. The molecular weight excluding hydrogens is 250 g/mol. The van der Waals surface area contributed by atoms with Gasteiger partial charge < -0.3 is 10.2 Å². The lowest BCUT2D eigenvalue weighted by Crippen LogP contribution is -2.45. The van der Waals surface area contributed by atoms with Crippen molar-refractivity contribution in [2.75, 3.05) is 44.6 Å². The Hall–Kier alpha value is -1.20. The summed E-state index contributed by atoms with van der Waals surface area (Å²) in [5, 5.41) is 3.35. The van der Waals surface area contributed by atoms with E-state index in [0.29, 0.717) is 0 Å². The molecule has 112 valence electrons. The van der Waals surface area contributed by atoms with Gasteiger partial charge in [0.2, 0.25) is 0 Å². The van der Waals surface area contributed by atoms with E-state index in [1.165, 1.54) is 0 Å². The predicted octanol–water partition coefficient (Wildman–Crippen LogP) is 1.74. The third-order valence-electron chi connectivity index (χ3n) is 3.73. The van der Waals surface area contributed by atoms with E-state index < -0.39 is 0 Å². The van der Waals surface area contributed by atoms with Gasteiger partial charge in [0, 0.05) is 44.5 Å². The Kier molecular flexibility index (Phi) is 5.73. The van der Waals surface area contributed by atoms with Gasteiger partial charge in [-0.05, 0) is 19.9 Å².